The fourth-order valence-corrected chi connectivity index (χ4v) is 3.97. The maximum Gasteiger partial charge on any atom is 0.261 e. The molecule has 1 saturated carbocycles. The number of nitrogens with one attached hydrogen (secondary N) is 1. The number of halogens is 1. The fourth-order valence-electron chi connectivity index (χ4n) is 3.97. The molecule has 3 rings (SSSR count). The molecule has 0 bridgehead atoms. The third-order valence-electron chi connectivity index (χ3n) is 5.78. The first kappa shape index (κ1) is 23.6. The van der Waals surface area contributed by atoms with E-state index in [2.05, 4.69) is 5.32 Å². The third kappa shape index (κ3) is 6.45. The molecule has 1 aliphatic rings. The summed E-state index contributed by atoms with van der Waals surface area (Å²) < 4.78 is 24.2. The van der Waals surface area contributed by atoms with Gasteiger partial charge in [0.1, 0.15) is 23.4 Å². The molecule has 1 aliphatic carbocycles. The van der Waals surface area contributed by atoms with Gasteiger partial charge in [0.2, 0.25) is 5.91 Å². The van der Waals surface area contributed by atoms with Gasteiger partial charge in [-0.1, -0.05) is 31.9 Å². The van der Waals surface area contributed by atoms with Crippen molar-refractivity contribution in [1.29, 1.82) is 0 Å². The highest BCUT2D eigenvalue weighted by molar-refractivity contribution is 5.88. The van der Waals surface area contributed by atoms with Gasteiger partial charge in [0.05, 0.1) is 7.11 Å². The van der Waals surface area contributed by atoms with Gasteiger partial charge in [0.15, 0.2) is 6.61 Å². The molecule has 6 nitrogen and oxygen atoms in total. The zero-order valence-electron chi connectivity index (χ0n) is 18.7. The van der Waals surface area contributed by atoms with E-state index in [4.69, 9.17) is 9.47 Å². The van der Waals surface area contributed by atoms with Crippen LogP contribution in [0.15, 0.2) is 48.5 Å². The van der Waals surface area contributed by atoms with Gasteiger partial charge >= 0.3 is 0 Å². The highest BCUT2D eigenvalue weighted by Crippen LogP contribution is 2.20. The Kier molecular flexibility index (Phi) is 8.48. The number of rotatable bonds is 10. The van der Waals surface area contributed by atoms with Crippen molar-refractivity contribution in [2.75, 3.05) is 13.7 Å². The average molecular weight is 443 g/mol. The van der Waals surface area contributed by atoms with Crippen molar-refractivity contribution < 1.29 is 23.5 Å². The second kappa shape index (κ2) is 11.5. The Morgan fingerprint density at radius 2 is 1.69 bits per heavy atom. The SMILES string of the molecule is CCC(C(=O)NC1CCCC1)N(Cc1ccc(F)cc1)C(=O)COc1ccc(OC)cc1. The van der Waals surface area contributed by atoms with Crippen LogP contribution in [0.2, 0.25) is 0 Å². The lowest BCUT2D eigenvalue weighted by molar-refractivity contribution is -0.143. The van der Waals surface area contributed by atoms with Crippen LogP contribution in [-0.4, -0.2) is 42.5 Å². The Hall–Kier alpha value is -3.09. The molecule has 2 aromatic carbocycles. The normalized spacial score (nSPS) is 14.6. The van der Waals surface area contributed by atoms with E-state index in [9.17, 15) is 14.0 Å². The highest BCUT2D eigenvalue weighted by Gasteiger charge is 2.30. The van der Waals surface area contributed by atoms with Crippen molar-refractivity contribution in [2.45, 2.75) is 57.7 Å². The molecule has 1 unspecified atom stereocenters. The molecule has 2 aromatic rings. The summed E-state index contributed by atoms with van der Waals surface area (Å²) in [7, 11) is 1.58. The second-order valence-corrected chi connectivity index (χ2v) is 8.03. The number of carbonyl (C=O) groups is 2. The summed E-state index contributed by atoms with van der Waals surface area (Å²) in [6.07, 6.45) is 4.61. The molecule has 0 saturated heterocycles. The summed E-state index contributed by atoms with van der Waals surface area (Å²) in [6, 6.07) is 12.4. The number of methoxy groups -OCH3 is 1. The van der Waals surface area contributed by atoms with Gasteiger partial charge in [0, 0.05) is 12.6 Å². The average Bonchev–Trinajstić information content (AvgIpc) is 3.32. The molecule has 32 heavy (non-hydrogen) atoms. The van der Waals surface area contributed by atoms with Gasteiger partial charge in [-0.2, -0.15) is 0 Å². The summed E-state index contributed by atoms with van der Waals surface area (Å²) in [5.41, 5.74) is 0.747. The second-order valence-electron chi connectivity index (χ2n) is 8.03. The van der Waals surface area contributed by atoms with Crippen LogP contribution in [0.25, 0.3) is 0 Å². The first-order valence-corrected chi connectivity index (χ1v) is 11.1. The summed E-state index contributed by atoms with van der Waals surface area (Å²) in [4.78, 5) is 27.7. The van der Waals surface area contributed by atoms with Crippen molar-refractivity contribution in [1.82, 2.24) is 10.2 Å². The molecule has 1 fully saturated rings. The largest absolute Gasteiger partial charge is 0.497 e. The van der Waals surface area contributed by atoms with E-state index >= 15 is 0 Å². The molecule has 1 N–H and O–H groups in total. The minimum Gasteiger partial charge on any atom is -0.497 e. The number of ether oxygens (including phenoxy) is 2. The molecule has 7 heteroatoms. The minimum absolute atomic E-state index is 0.153. The molecule has 0 spiro atoms. The molecular formula is C25H31FN2O4. The molecule has 172 valence electrons. The van der Waals surface area contributed by atoms with E-state index in [1.165, 1.54) is 17.0 Å². The first-order chi connectivity index (χ1) is 15.5. The van der Waals surface area contributed by atoms with Gasteiger partial charge in [-0.05, 0) is 61.2 Å². The maximum atomic E-state index is 13.4. The predicted molar refractivity (Wildman–Crippen MR) is 120 cm³/mol. The summed E-state index contributed by atoms with van der Waals surface area (Å²) >= 11 is 0. The van der Waals surface area contributed by atoms with Crippen molar-refractivity contribution >= 4 is 11.8 Å². The van der Waals surface area contributed by atoms with E-state index in [1.54, 1.807) is 43.5 Å². The van der Waals surface area contributed by atoms with Crippen LogP contribution in [0.1, 0.15) is 44.6 Å². The predicted octanol–water partition coefficient (Wildman–Crippen LogP) is 4.08. The molecule has 2 amide bonds. The van der Waals surface area contributed by atoms with Gasteiger partial charge in [-0.15, -0.1) is 0 Å². The van der Waals surface area contributed by atoms with Crippen LogP contribution >= 0.6 is 0 Å². The van der Waals surface area contributed by atoms with Gasteiger partial charge in [-0.25, -0.2) is 4.39 Å². The smallest absolute Gasteiger partial charge is 0.261 e. The molecule has 1 atom stereocenters. The first-order valence-electron chi connectivity index (χ1n) is 11.1. The Labute approximate surface area is 188 Å². The maximum absolute atomic E-state index is 13.4. The summed E-state index contributed by atoms with van der Waals surface area (Å²) in [6.45, 7) is 1.87. The van der Waals surface area contributed by atoms with E-state index in [0.29, 0.717) is 17.9 Å². The van der Waals surface area contributed by atoms with E-state index in [1.807, 2.05) is 6.92 Å². The molecule has 0 aromatic heterocycles. The highest BCUT2D eigenvalue weighted by atomic mass is 19.1. The molecular weight excluding hydrogens is 411 g/mol. The lowest BCUT2D eigenvalue weighted by atomic mass is 10.1. The quantitative estimate of drug-likeness (QED) is 0.602. The zero-order chi connectivity index (χ0) is 22.9. The van der Waals surface area contributed by atoms with E-state index in [0.717, 1.165) is 31.2 Å². The van der Waals surface area contributed by atoms with Crippen LogP contribution in [0, 0.1) is 5.82 Å². The number of amides is 2. The van der Waals surface area contributed by atoms with Crippen molar-refractivity contribution in [3.05, 3.63) is 59.9 Å². The van der Waals surface area contributed by atoms with E-state index in [-0.39, 0.29) is 36.8 Å². The van der Waals surface area contributed by atoms with Crippen molar-refractivity contribution in [2.24, 2.45) is 0 Å². The Balaban J connectivity index is 1.73. The monoisotopic (exact) mass is 442 g/mol. The lowest BCUT2D eigenvalue weighted by Gasteiger charge is -2.31. The Morgan fingerprint density at radius 1 is 1.06 bits per heavy atom. The molecule has 0 aliphatic heterocycles. The topological polar surface area (TPSA) is 67.9 Å². The molecule has 0 heterocycles. The van der Waals surface area contributed by atoms with Gasteiger partial charge in [-0.3, -0.25) is 9.59 Å². The number of hydrogen-bond acceptors (Lipinski definition) is 4. The van der Waals surface area contributed by atoms with Crippen LogP contribution in [0.4, 0.5) is 4.39 Å². The van der Waals surface area contributed by atoms with Crippen LogP contribution in [-0.2, 0) is 16.1 Å². The van der Waals surface area contributed by atoms with Crippen LogP contribution < -0.4 is 14.8 Å². The zero-order valence-corrected chi connectivity index (χ0v) is 18.7. The summed E-state index contributed by atoms with van der Waals surface area (Å²) in [5.74, 6) is 0.416. The number of benzene rings is 2. The molecule has 0 radical (unpaired) electrons. The van der Waals surface area contributed by atoms with Crippen molar-refractivity contribution in [3.8, 4) is 11.5 Å². The number of nitrogens with zero attached hydrogens (tertiary/aromatic N) is 1. The minimum atomic E-state index is -0.632. The summed E-state index contributed by atoms with van der Waals surface area (Å²) in [5, 5.41) is 3.10. The number of carbonyl (C=O) groups excluding carboxylic acids is 2. The van der Waals surface area contributed by atoms with E-state index < -0.39 is 6.04 Å². The lowest BCUT2D eigenvalue weighted by Crippen LogP contribution is -2.52. The van der Waals surface area contributed by atoms with Crippen LogP contribution in [0.5, 0.6) is 11.5 Å². The third-order valence-corrected chi connectivity index (χ3v) is 5.78. The van der Waals surface area contributed by atoms with Gasteiger partial charge < -0.3 is 19.7 Å². The Bertz CT molecular complexity index is 880. The van der Waals surface area contributed by atoms with Crippen molar-refractivity contribution in [3.63, 3.8) is 0 Å². The number of hydrogen-bond donors (Lipinski definition) is 1. The standard InChI is InChI=1S/C25H31FN2O4/c1-3-23(25(30)27-20-6-4-5-7-20)28(16-18-8-10-19(26)11-9-18)24(29)17-32-22-14-12-21(31-2)13-15-22/h8-15,20,23H,3-7,16-17H2,1-2H3,(H,27,30). The van der Waals surface area contributed by atoms with Gasteiger partial charge in [0.25, 0.3) is 5.91 Å². The Morgan fingerprint density at radius 3 is 2.28 bits per heavy atom. The fraction of sp³-hybridized carbons (Fsp3) is 0.440. The van der Waals surface area contributed by atoms with Crippen LogP contribution in [0.3, 0.4) is 0 Å².